The molecule has 5 heteroatoms. The molecule has 0 amide bonds. The fourth-order valence-electron chi connectivity index (χ4n) is 3.04. The second kappa shape index (κ2) is 6.68. The van der Waals surface area contributed by atoms with E-state index in [9.17, 15) is 0 Å². The lowest BCUT2D eigenvalue weighted by Crippen LogP contribution is -2.60. The standard InChI is InChI=1S/C14H24BrN3S/c1-3-14(2,18-6-4-5-7-18)13(17-16)9-12-8-11(15)10-19-12/h8,10,13,17H,3-7,9,16H2,1-2H3. The number of likely N-dealkylation sites (tertiary alicyclic amines) is 1. The first-order valence-electron chi connectivity index (χ1n) is 7.04. The first-order chi connectivity index (χ1) is 9.10. The maximum Gasteiger partial charge on any atom is 0.0440 e. The first-order valence-corrected chi connectivity index (χ1v) is 8.71. The van der Waals surface area contributed by atoms with E-state index in [4.69, 9.17) is 5.84 Å². The maximum absolute atomic E-state index is 5.87. The van der Waals surface area contributed by atoms with Gasteiger partial charge in [0.05, 0.1) is 0 Å². The number of halogens is 1. The Labute approximate surface area is 128 Å². The molecular formula is C14H24BrN3S. The summed E-state index contributed by atoms with van der Waals surface area (Å²) in [6, 6.07) is 2.50. The van der Waals surface area contributed by atoms with Crippen molar-refractivity contribution >= 4 is 27.3 Å². The molecule has 1 aromatic heterocycles. The molecule has 0 aliphatic carbocycles. The van der Waals surface area contributed by atoms with Gasteiger partial charge in [-0.1, -0.05) is 6.92 Å². The number of hydrogen-bond donors (Lipinski definition) is 2. The third kappa shape index (κ3) is 3.39. The Balaban J connectivity index is 2.13. The van der Waals surface area contributed by atoms with Crippen LogP contribution in [-0.2, 0) is 6.42 Å². The molecule has 3 N–H and O–H groups in total. The summed E-state index contributed by atoms with van der Waals surface area (Å²) in [5.41, 5.74) is 3.22. The summed E-state index contributed by atoms with van der Waals surface area (Å²) >= 11 is 5.33. The minimum Gasteiger partial charge on any atom is -0.296 e. The average Bonchev–Trinajstić information content (AvgIpc) is 3.06. The van der Waals surface area contributed by atoms with Crippen LogP contribution < -0.4 is 11.3 Å². The van der Waals surface area contributed by atoms with Gasteiger partial charge in [0, 0.05) is 32.7 Å². The summed E-state index contributed by atoms with van der Waals surface area (Å²) in [4.78, 5) is 3.99. The molecule has 3 nitrogen and oxygen atoms in total. The van der Waals surface area contributed by atoms with Gasteiger partial charge in [0.1, 0.15) is 0 Å². The Bertz CT molecular complexity index is 403. The second-order valence-electron chi connectivity index (χ2n) is 5.56. The third-order valence-corrected chi connectivity index (χ3v) is 6.24. The number of hydrazine groups is 1. The van der Waals surface area contributed by atoms with Gasteiger partial charge in [0.2, 0.25) is 0 Å². The van der Waals surface area contributed by atoms with Crippen LogP contribution in [0, 0.1) is 0 Å². The summed E-state index contributed by atoms with van der Waals surface area (Å²) in [6.07, 6.45) is 4.75. The Morgan fingerprint density at radius 2 is 2.21 bits per heavy atom. The maximum atomic E-state index is 5.87. The molecule has 0 saturated carbocycles. The fourth-order valence-corrected chi connectivity index (χ4v) is 4.54. The minimum absolute atomic E-state index is 0.141. The molecule has 19 heavy (non-hydrogen) atoms. The van der Waals surface area contributed by atoms with Crippen molar-refractivity contribution in [1.29, 1.82) is 0 Å². The number of rotatable bonds is 6. The van der Waals surface area contributed by atoms with Crippen LogP contribution >= 0.6 is 27.3 Å². The van der Waals surface area contributed by atoms with Crippen molar-refractivity contribution in [3.05, 3.63) is 20.8 Å². The molecule has 2 atom stereocenters. The highest BCUT2D eigenvalue weighted by Crippen LogP contribution is 2.31. The van der Waals surface area contributed by atoms with Crippen molar-refractivity contribution in [2.24, 2.45) is 5.84 Å². The molecule has 0 spiro atoms. The van der Waals surface area contributed by atoms with Crippen LogP contribution in [0.15, 0.2) is 15.9 Å². The summed E-state index contributed by atoms with van der Waals surface area (Å²) in [6.45, 7) is 7.03. The van der Waals surface area contributed by atoms with E-state index in [1.807, 2.05) is 0 Å². The van der Waals surface area contributed by atoms with Gasteiger partial charge in [0.25, 0.3) is 0 Å². The summed E-state index contributed by atoms with van der Waals surface area (Å²) in [5, 5.41) is 2.14. The van der Waals surface area contributed by atoms with Crippen LogP contribution in [0.5, 0.6) is 0 Å². The van der Waals surface area contributed by atoms with E-state index in [1.54, 1.807) is 11.3 Å². The SMILES string of the molecule is CCC(C)(C(Cc1cc(Br)cs1)NN)N1CCCC1. The summed E-state index contributed by atoms with van der Waals surface area (Å²) in [5.74, 6) is 5.87. The van der Waals surface area contributed by atoms with E-state index in [2.05, 4.69) is 51.5 Å². The number of nitrogens with zero attached hydrogens (tertiary/aromatic N) is 1. The Kier molecular flexibility index (Phi) is 5.43. The van der Waals surface area contributed by atoms with Gasteiger partial charge in [-0.3, -0.25) is 16.2 Å². The molecule has 1 aromatic rings. The van der Waals surface area contributed by atoms with Gasteiger partial charge in [-0.15, -0.1) is 11.3 Å². The van der Waals surface area contributed by atoms with E-state index in [-0.39, 0.29) is 5.54 Å². The van der Waals surface area contributed by atoms with Crippen LogP contribution in [0.3, 0.4) is 0 Å². The van der Waals surface area contributed by atoms with E-state index in [1.165, 1.54) is 35.3 Å². The van der Waals surface area contributed by atoms with Gasteiger partial charge in [-0.25, -0.2) is 0 Å². The van der Waals surface area contributed by atoms with E-state index < -0.39 is 0 Å². The molecule has 108 valence electrons. The van der Waals surface area contributed by atoms with Gasteiger partial charge in [-0.05, 0) is 61.3 Å². The molecule has 0 aromatic carbocycles. The fraction of sp³-hybridized carbons (Fsp3) is 0.714. The normalized spacial score (nSPS) is 21.5. The average molecular weight is 346 g/mol. The van der Waals surface area contributed by atoms with Crippen molar-refractivity contribution in [1.82, 2.24) is 10.3 Å². The quantitative estimate of drug-likeness (QED) is 0.614. The summed E-state index contributed by atoms with van der Waals surface area (Å²) in [7, 11) is 0. The summed E-state index contributed by atoms with van der Waals surface area (Å²) < 4.78 is 1.17. The highest BCUT2D eigenvalue weighted by molar-refractivity contribution is 9.10. The van der Waals surface area contributed by atoms with E-state index in [0.717, 1.165) is 12.8 Å². The zero-order valence-corrected chi connectivity index (χ0v) is 14.2. The smallest absolute Gasteiger partial charge is 0.0440 e. The lowest BCUT2D eigenvalue weighted by molar-refractivity contribution is 0.0844. The third-order valence-electron chi connectivity index (χ3n) is 4.52. The lowest BCUT2D eigenvalue weighted by atomic mass is 9.85. The molecule has 0 bridgehead atoms. The van der Waals surface area contributed by atoms with Crippen LogP contribution in [0.4, 0.5) is 0 Å². The zero-order valence-electron chi connectivity index (χ0n) is 11.8. The molecule has 2 rings (SSSR count). The second-order valence-corrected chi connectivity index (χ2v) is 7.47. The van der Waals surface area contributed by atoms with Crippen LogP contribution in [0.25, 0.3) is 0 Å². The largest absolute Gasteiger partial charge is 0.296 e. The monoisotopic (exact) mass is 345 g/mol. The van der Waals surface area contributed by atoms with E-state index >= 15 is 0 Å². The highest BCUT2D eigenvalue weighted by atomic mass is 79.9. The molecule has 1 aliphatic rings. The molecule has 1 saturated heterocycles. The van der Waals surface area contributed by atoms with Crippen molar-refractivity contribution < 1.29 is 0 Å². The number of nitrogens with one attached hydrogen (secondary N) is 1. The number of thiophene rings is 1. The van der Waals surface area contributed by atoms with Crippen molar-refractivity contribution in [2.45, 2.75) is 51.1 Å². The first kappa shape index (κ1) is 15.4. The molecule has 2 heterocycles. The van der Waals surface area contributed by atoms with Crippen molar-refractivity contribution in [3.63, 3.8) is 0 Å². The van der Waals surface area contributed by atoms with Crippen LogP contribution in [0.2, 0.25) is 0 Å². The Morgan fingerprint density at radius 3 is 2.68 bits per heavy atom. The molecular weight excluding hydrogens is 322 g/mol. The molecule has 2 unspecified atom stereocenters. The highest BCUT2D eigenvalue weighted by Gasteiger charge is 2.39. The van der Waals surface area contributed by atoms with Crippen LogP contribution in [0.1, 0.15) is 38.0 Å². The van der Waals surface area contributed by atoms with Gasteiger partial charge in [-0.2, -0.15) is 0 Å². The van der Waals surface area contributed by atoms with Gasteiger partial charge >= 0.3 is 0 Å². The van der Waals surface area contributed by atoms with E-state index in [0.29, 0.717) is 6.04 Å². The van der Waals surface area contributed by atoms with Crippen LogP contribution in [-0.4, -0.2) is 29.6 Å². The zero-order chi connectivity index (χ0) is 13.9. The topological polar surface area (TPSA) is 41.3 Å². The van der Waals surface area contributed by atoms with Gasteiger partial charge in [0.15, 0.2) is 0 Å². The Morgan fingerprint density at radius 1 is 1.53 bits per heavy atom. The van der Waals surface area contributed by atoms with Gasteiger partial charge < -0.3 is 0 Å². The molecule has 0 radical (unpaired) electrons. The number of hydrogen-bond acceptors (Lipinski definition) is 4. The molecule has 1 aliphatic heterocycles. The predicted molar refractivity (Wildman–Crippen MR) is 86.3 cm³/mol. The number of nitrogens with two attached hydrogens (primary N) is 1. The van der Waals surface area contributed by atoms with Crippen molar-refractivity contribution in [3.8, 4) is 0 Å². The molecule has 1 fully saturated rings. The minimum atomic E-state index is 0.141. The Hall–Kier alpha value is 0.0600. The van der Waals surface area contributed by atoms with Crippen molar-refractivity contribution in [2.75, 3.05) is 13.1 Å². The predicted octanol–water partition coefficient (Wildman–Crippen LogP) is 3.15. The lowest BCUT2D eigenvalue weighted by Gasteiger charge is -2.44.